The Morgan fingerprint density at radius 2 is 1.95 bits per heavy atom. The molecule has 0 bridgehead atoms. The quantitative estimate of drug-likeness (QED) is 0.408. The fraction of sp³-hybridized carbons (Fsp3) is 0.357. The first-order valence-corrected chi connectivity index (χ1v) is 7.28. The molecule has 1 aromatic carbocycles. The minimum absolute atomic E-state index is 0. The van der Waals surface area contributed by atoms with Crippen molar-refractivity contribution in [3.63, 3.8) is 0 Å². The molecule has 3 aromatic rings. The Bertz CT molecular complexity index is 759. The Morgan fingerprint density at radius 3 is 2.67 bits per heavy atom. The van der Waals surface area contributed by atoms with Gasteiger partial charge in [0.15, 0.2) is 0 Å². The van der Waals surface area contributed by atoms with Gasteiger partial charge in [0.2, 0.25) is 5.16 Å². The zero-order valence-electron chi connectivity index (χ0n) is 12.1. The number of rotatable bonds is 3. The predicted molar refractivity (Wildman–Crippen MR) is 77.4 cm³/mol. The maximum atomic E-state index is 4.52. The summed E-state index contributed by atoms with van der Waals surface area (Å²) in [4.78, 5) is 7.82. The molecule has 0 amide bonds. The minimum atomic E-state index is 0. The van der Waals surface area contributed by atoms with Gasteiger partial charge < -0.3 is 17.1 Å². The van der Waals surface area contributed by atoms with Gasteiger partial charge in [0, 0.05) is 59.5 Å². The van der Waals surface area contributed by atoms with Gasteiger partial charge in [0.05, 0.1) is 5.52 Å². The number of nitrogens with zero attached hydrogens (tertiary/aromatic N) is 3. The number of aromatic amines is 1. The molecule has 107 valence electrons. The van der Waals surface area contributed by atoms with Crippen LogP contribution in [0.15, 0.2) is 5.16 Å². The summed E-state index contributed by atoms with van der Waals surface area (Å²) in [6.45, 7) is 6.15. The summed E-state index contributed by atoms with van der Waals surface area (Å²) in [6, 6.07) is 6.54. The number of hydrogen-bond acceptors (Lipinski definition) is 4. The summed E-state index contributed by atoms with van der Waals surface area (Å²) in [5.74, 6) is 1.01. The van der Waals surface area contributed by atoms with Crippen LogP contribution < -0.4 is 0 Å². The van der Waals surface area contributed by atoms with E-state index >= 15 is 0 Å². The van der Waals surface area contributed by atoms with Crippen LogP contribution in [-0.2, 0) is 53.8 Å². The van der Waals surface area contributed by atoms with E-state index in [1.54, 1.807) is 11.8 Å². The molecule has 0 unspecified atom stereocenters. The normalized spacial score (nSPS) is 10.4. The van der Waals surface area contributed by atoms with E-state index in [0.29, 0.717) is 0 Å². The molecule has 1 N–H and O–H groups in total. The van der Waals surface area contributed by atoms with Crippen LogP contribution in [0.25, 0.3) is 22.1 Å². The molecule has 0 aliphatic rings. The summed E-state index contributed by atoms with van der Waals surface area (Å²) >= 11 is 1.63. The zero-order valence-corrected chi connectivity index (χ0v) is 18.7. The Morgan fingerprint density at radius 1 is 1.19 bits per heavy atom. The van der Waals surface area contributed by atoms with Gasteiger partial charge in [-0.25, -0.2) is 10.4 Å². The smallest absolute Gasteiger partial charge is 0.211 e. The van der Waals surface area contributed by atoms with Gasteiger partial charge in [0.25, 0.3) is 0 Å². The van der Waals surface area contributed by atoms with Crippen LogP contribution in [0.1, 0.15) is 24.5 Å². The largest absolute Gasteiger partial charge is 0.444 e. The fourth-order valence-corrected chi connectivity index (χ4v) is 2.73. The third-order valence-corrected chi connectivity index (χ3v) is 3.94. The molecular weight excluding hydrogens is 529 g/mol. The number of fused-ring (bicyclic) bond motifs is 3. The van der Waals surface area contributed by atoms with Crippen molar-refractivity contribution in [2.45, 2.75) is 32.3 Å². The Balaban J connectivity index is 0.00000110. The second-order valence-electron chi connectivity index (χ2n) is 4.52. The van der Waals surface area contributed by atoms with Crippen LogP contribution in [0.3, 0.4) is 0 Å². The van der Waals surface area contributed by atoms with E-state index in [4.69, 9.17) is 0 Å². The molecular formula is C14H14N4SWY-2. The van der Waals surface area contributed by atoms with Crippen LogP contribution in [0, 0.1) is 26.0 Å². The number of benzene rings is 1. The van der Waals surface area contributed by atoms with Gasteiger partial charge in [-0.3, -0.25) is 11.1 Å². The van der Waals surface area contributed by atoms with Gasteiger partial charge in [0.1, 0.15) is 5.65 Å². The number of aryl methyl sites for hydroxylation is 2. The molecule has 0 fully saturated rings. The average Bonchev–Trinajstić information content (AvgIpc) is 2.75. The summed E-state index contributed by atoms with van der Waals surface area (Å²) in [5.41, 5.74) is 4.61. The summed E-state index contributed by atoms with van der Waals surface area (Å²) in [6.07, 6.45) is 1.10. The molecule has 0 saturated carbocycles. The molecule has 0 aliphatic heterocycles. The maximum absolute atomic E-state index is 4.52. The first-order chi connectivity index (χ1) is 9.19. The first-order valence-electron chi connectivity index (χ1n) is 6.29. The first kappa shape index (κ1) is 19.2. The molecule has 1 radical (unpaired) electrons. The molecule has 2 heterocycles. The van der Waals surface area contributed by atoms with E-state index < -0.39 is 0 Å². The predicted octanol–water partition coefficient (Wildman–Crippen LogP) is 3.22. The third kappa shape index (κ3) is 3.93. The minimum Gasteiger partial charge on any atom is -0.444 e. The van der Waals surface area contributed by atoms with Gasteiger partial charge in [-0.05, 0) is 6.42 Å². The number of H-pyrrole nitrogens is 1. The Kier molecular flexibility index (Phi) is 7.45. The van der Waals surface area contributed by atoms with Crippen molar-refractivity contribution in [1.29, 1.82) is 0 Å². The van der Waals surface area contributed by atoms with E-state index in [0.717, 1.165) is 50.5 Å². The van der Waals surface area contributed by atoms with Gasteiger partial charge in [-0.2, -0.15) is 5.52 Å². The summed E-state index contributed by atoms with van der Waals surface area (Å²) in [5, 5.41) is 10.1. The second-order valence-corrected chi connectivity index (χ2v) is 5.58. The topological polar surface area (TPSA) is 54.5 Å². The number of thioether (sulfide) groups is 1. The number of hydrogen-bond donors (Lipinski definition) is 1. The van der Waals surface area contributed by atoms with E-state index in [1.807, 2.05) is 13.8 Å². The van der Waals surface area contributed by atoms with Gasteiger partial charge in [-0.15, -0.1) is 10.2 Å². The molecule has 7 heteroatoms. The van der Waals surface area contributed by atoms with Crippen LogP contribution in [0.4, 0.5) is 0 Å². The monoisotopic (exact) mass is 543 g/mol. The Hall–Kier alpha value is 0.172. The van der Waals surface area contributed by atoms with Gasteiger partial charge in [-0.1, -0.05) is 32.5 Å². The SMILES string of the molecule is CCCSc1nnc2c(n1)[nH]c1c(C)[c-]c(C)[c-]c12.[W].[Y]. The molecule has 0 aliphatic carbocycles. The summed E-state index contributed by atoms with van der Waals surface area (Å²) in [7, 11) is 0. The fourth-order valence-electron chi connectivity index (χ4n) is 2.09. The summed E-state index contributed by atoms with van der Waals surface area (Å²) < 4.78 is 0. The molecule has 3 rings (SSSR count). The van der Waals surface area contributed by atoms with Crippen LogP contribution in [0.2, 0.25) is 0 Å². The third-order valence-electron chi connectivity index (χ3n) is 2.90. The van der Waals surface area contributed by atoms with Crippen molar-refractivity contribution in [1.82, 2.24) is 20.2 Å². The van der Waals surface area contributed by atoms with Crippen LogP contribution >= 0.6 is 11.8 Å². The number of nitrogens with one attached hydrogen (secondary N) is 1. The van der Waals surface area contributed by atoms with Crippen molar-refractivity contribution in [2.75, 3.05) is 5.75 Å². The van der Waals surface area contributed by atoms with Crippen molar-refractivity contribution in [2.24, 2.45) is 0 Å². The number of aromatic nitrogens is 4. The van der Waals surface area contributed by atoms with Crippen molar-refractivity contribution in [3.8, 4) is 0 Å². The molecule has 0 saturated heterocycles. The standard InChI is InChI=1S/C14H14N4S.W.Y/c1-4-5-19-14-16-13-12(17-18-14)10-7-8(2)6-9(3)11(10)15-13;;/h4-5H2,1-3H3,(H,15,16,18);;/q-2;;. The van der Waals surface area contributed by atoms with Crippen molar-refractivity contribution in [3.05, 3.63) is 23.3 Å². The molecule has 4 nitrogen and oxygen atoms in total. The maximum Gasteiger partial charge on any atom is 0.211 e. The Labute approximate surface area is 167 Å². The van der Waals surface area contributed by atoms with E-state index in [2.05, 4.69) is 39.2 Å². The molecule has 0 atom stereocenters. The van der Waals surface area contributed by atoms with Gasteiger partial charge >= 0.3 is 0 Å². The average molecular weight is 543 g/mol. The molecule has 2 aromatic heterocycles. The van der Waals surface area contributed by atoms with E-state index in [9.17, 15) is 0 Å². The molecule has 0 spiro atoms. The van der Waals surface area contributed by atoms with E-state index in [1.165, 1.54) is 0 Å². The second kappa shape index (κ2) is 8.14. The molecule has 21 heavy (non-hydrogen) atoms. The van der Waals surface area contributed by atoms with Crippen LogP contribution in [0.5, 0.6) is 0 Å². The van der Waals surface area contributed by atoms with Crippen molar-refractivity contribution >= 4 is 33.8 Å². The van der Waals surface area contributed by atoms with Crippen LogP contribution in [-0.4, -0.2) is 25.9 Å². The zero-order chi connectivity index (χ0) is 13.4. The van der Waals surface area contributed by atoms with Crippen molar-refractivity contribution < 1.29 is 53.8 Å². The van der Waals surface area contributed by atoms with E-state index in [-0.39, 0.29) is 53.8 Å².